The minimum atomic E-state index is -0.720. The topological polar surface area (TPSA) is 69.6 Å². The monoisotopic (exact) mass is 370 g/mol. The van der Waals surface area contributed by atoms with Crippen molar-refractivity contribution in [1.82, 2.24) is 4.90 Å². The second-order valence-electron chi connectivity index (χ2n) is 7.03. The van der Waals surface area contributed by atoms with Gasteiger partial charge in [0, 0.05) is 12.2 Å². The lowest BCUT2D eigenvalue weighted by molar-refractivity contribution is -0.143. The summed E-state index contributed by atoms with van der Waals surface area (Å²) >= 11 is 0. The summed E-state index contributed by atoms with van der Waals surface area (Å²) in [5.74, 6) is -1.99. The third-order valence-electron chi connectivity index (χ3n) is 4.90. The Bertz CT molecular complexity index is 845. The molecule has 6 heteroatoms. The number of nitrogens with zero attached hydrogens (tertiary/aromatic N) is 1. The lowest BCUT2D eigenvalue weighted by Gasteiger charge is -2.30. The molecule has 2 N–H and O–H groups in total. The molecule has 2 aromatic rings. The van der Waals surface area contributed by atoms with Crippen molar-refractivity contribution < 1.29 is 19.1 Å². The van der Waals surface area contributed by atoms with Crippen LogP contribution in [0.4, 0.5) is 10.1 Å². The third kappa shape index (κ3) is 4.92. The van der Waals surface area contributed by atoms with Crippen LogP contribution in [0.3, 0.4) is 0 Å². The minimum Gasteiger partial charge on any atom is -0.481 e. The van der Waals surface area contributed by atoms with E-state index in [2.05, 4.69) is 10.2 Å². The lowest BCUT2D eigenvalue weighted by Crippen LogP contribution is -2.35. The third-order valence-corrected chi connectivity index (χ3v) is 4.90. The number of carboxylic acids is 1. The van der Waals surface area contributed by atoms with Crippen LogP contribution in [0.15, 0.2) is 42.5 Å². The van der Waals surface area contributed by atoms with Crippen LogP contribution in [0.5, 0.6) is 0 Å². The zero-order chi connectivity index (χ0) is 19.4. The molecule has 3 rings (SSSR count). The quantitative estimate of drug-likeness (QED) is 0.842. The van der Waals surface area contributed by atoms with Crippen molar-refractivity contribution in [2.75, 3.05) is 18.4 Å². The Labute approximate surface area is 157 Å². The number of carboxylic acid groups (broad SMARTS) is 1. The van der Waals surface area contributed by atoms with Gasteiger partial charge in [-0.15, -0.1) is 0 Å². The standard InChI is InChI=1S/C21H23FN2O3/c1-14-5-6-18(19(22)11-14)20(25)23-17-4-2-3-15(12-17)13-24-9-7-16(8-10-24)21(26)27/h2-6,11-12,16H,7-10,13H2,1H3,(H,23,25)(H,26,27). The lowest BCUT2D eigenvalue weighted by atomic mass is 9.97. The summed E-state index contributed by atoms with van der Waals surface area (Å²) < 4.78 is 14.0. The van der Waals surface area contributed by atoms with Gasteiger partial charge in [-0.1, -0.05) is 18.2 Å². The largest absolute Gasteiger partial charge is 0.481 e. The summed E-state index contributed by atoms with van der Waals surface area (Å²) in [4.78, 5) is 25.6. The Morgan fingerprint density at radius 3 is 2.59 bits per heavy atom. The van der Waals surface area contributed by atoms with Crippen LogP contribution in [0.2, 0.25) is 0 Å². The van der Waals surface area contributed by atoms with E-state index in [0.717, 1.165) is 24.2 Å². The van der Waals surface area contributed by atoms with Crippen molar-refractivity contribution in [1.29, 1.82) is 0 Å². The number of carbonyl (C=O) groups is 2. The number of amides is 1. The second kappa shape index (κ2) is 8.31. The maximum Gasteiger partial charge on any atom is 0.306 e. The van der Waals surface area contributed by atoms with Gasteiger partial charge in [-0.25, -0.2) is 4.39 Å². The van der Waals surface area contributed by atoms with Gasteiger partial charge >= 0.3 is 5.97 Å². The smallest absolute Gasteiger partial charge is 0.306 e. The summed E-state index contributed by atoms with van der Waals surface area (Å²) in [5.41, 5.74) is 2.41. The van der Waals surface area contributed by atoms with E-state index in [1.807, 2.05) is 18.2 Å². The van der Waals surface area contributed by atoms with Crippen molar-refractivity contribution in [3.8, 4) is 0 Å². The summed E-state index contributed by atoms with van der Waals surface area (Å²) in [7, 11) is 0. The molecule has 142 valence electrons. The number of nitrogens with one attached hydrogen (secondary N) is 1. The van der Waals surface area contributed by atoms with Crippen LogP contribution in [-0.2, 0) is 11.3 Å². The van der Waals surface area contributed by atoms with Crippen molar-refractivity contribution in [3.05, 3.63) is 65.0 Å². The molecule has 0 bridgehead atoms. The normalized spacial score (nSPS) is 15.5. The number of halogens is 1. The zero-order valence-electron chi connectivity index (χ0n) is 15.2. The molecule has 1 heterocycles. The zero-order valence-corrected chi connectivity index (χ0v) is 15.2. The molecule has 0 aliphatic carbocycles. The van der Waals surface area contributed by atoms with Gasteiger partial charge in [0.25, 0.3) is 5.91 Å². The summed E-state index contributed by atoms with van der Waals surface area (Å²) in [6.45, 7) is 3.94. The van der Waals surface area contributed by atoms with Crippen molar-refractivity contribution >= 4 is 17.6 Å². The molecule has 27 heavy (non-hydrogen) atoms. The first-order valence-electron chi connectivity index (χ1n) is 9.04. The fraction of sp³-hybridized carbons (Fsp3) is 0.333. The molecule has 0 spiro atoms. The Morgan fingerprint density at radius 2 is 1.93 bits per heavy atom. The van der Waals surface area contributed by atoms with Crippen LogP contribution in [0.25, 0.3) is 0 Å². The van der Waals surface area contributed by atoms with Crippen LogP contribution in [-0.4, -0.2) is 35.0 Å². The van der Waals surface area contributed by atoms with Gasteiger partial charge in [0.15, 0.2) is 0 Å². The fourth-order valence-corrected chi connectivity index (χ4v) is 3.35. The number of aryl methyl sites for hydroxylation is 1. The maximum absolute atomic E-state index is 14.0. The first kappa shape index (κ1) is 19.0. The maximum atomic E-state index is 14.0. The van der Waals surface area contributed by atoms with Crippen molar-refractivity contribution in [3.63, 3.8) is 0 Å². The molecule has 1 amide bonds. The summed E-state index contributed by atoms with van der Waals surface area (Å²) in [6, 6.07) is 12.0. The Kier molecular flexibility index (Phi) is 5.86. The van der Waals surface area contributed by atoms with Gasteiger partial charge in [-0.2, -0.15) is 0 Å². The predicted octanol–water partition coefficient (Wildman–Crippen LogP) is 3.68. The summed E-state index contributed by atoms with van der Waals surface area (Å²) in [5, 5.41) is 11.8. The first-order chi connectivity index (χ1) is 12.9. The average molecular weight is 370 g/mol. The van der Waals surface area contributed by atoms with E-state index in [9.17, 15) is 14.0 Å². The molecule has 0 radical (unpaired) electrons. The number of benzene rings is 2. The van der Waals surface area contributed by atoms with Crippen LogP contribution < -0.4 is 5.32 Å². The fourth-order valence-electron chi connectivity index (χ4n) is 3.35. The van der Waals surface area contributed by atoms with Gasteiger partial charge in [0.1, 0.15) is 5.82 Å². The van der Waals surface area contributed by atoms with Crippen molar-refractivity contribution in [2.45, 2.75) is 26.3 Å². The summed E-state index contributed by atoms with van der Waals surface area (Å²) in [6.07, 6.45) is 1.30. The van der Waals surface area contributed by atoms with Crippen LogP contribution >= 0.6 is 0 Å². The van der Waals surface area contributed by atoms with Crippen LogP contribution in [0.1, 0.15) is 34.3 Å². The SMILES string of the molecule is Cc1ccc(C(=O)Nc2cccc(CN3CCC(C(=O)O)CC3)c2)c(F)c1. The molecule has 1 aliphatic rings. The Balaban J connectivity index is 1.62. The highest BCUT2D eigenvalue weighted by Gasteiger charge is 2.24. The van der Waals surface area contributed by atoms with E-state index in [-0.39, 0.29) is 11.5 Å². The molecule has 0 saturated carbocycles. The molecular formula is C21H23FN2O3. The van der Waals surface area contributed by atoms with E-state index in [4.69, 9.17) is 5.11 Å². The van der Waals surface area contributed by atoms with E-state index < -0.39 is 17.7 Å². The number of anilines is 1. The highest BCUT2D eigenvalue weighted by atomic mass is 19.1. The molecule has 1 saturated heterocycles. The van der Waals surface area contributed by atoms with E-state index in [1.54, 1.807) is 19.1 Å². The van der Waals surface area contributed by atoms with Gasteiger partial charge in [0.05, 0.1) is 11.5 Å². The van der Waals surface area contributed by atoms with Gasteiger partial charge in [-0.05, 0) is 68.2 Å². The first-order valence-corrected chi connectivity index (χ1v) is 9.04. The number of hydrogen-bond acceptors (Lipinski definition) is 3. The van der Waals surface area contributed by atoms with Crippen LogP contribution in [0, 0.1) is 18.7 Å². The molecule has 2 aromatic carbocycles. The van der Waals surface area contributed by atoms with E-state index in [0.29, 0.717) is 25.1 Å². The number of likely N-dealkylation sites (tertiary alicyclic amines) is 1. The molecule has 1 aliphatic heterocycles. The number of rotatable bonds is 5. The molecule has 1 fully saturated rings. The van der Waals surface area contributed by atoms with E-state index >= 15 is 0 Å². The number of piperidine rings is 1. The molecule has 0 unspecified atom stereocenters. The highest BCUT2D eigenvalue weighted by molar-refractivity contribution is 6.04. The minimum absolute atomic E-state index is 0.0155. The molecule has 5 nitrogen and oxygen atoms in total. The second-order valence-corrected chi connectivity index (χ2v) is 7.03. The molecule has 0 aromatic heterocycles. The van der Waals surface area contributed by atoms with Gasteiger partial charge in [0.2, 0.25) is 0 Å². The predicted molar refractivity (Wildman–Crippen MR) is 101 cm³/mol. The number of carbonyl (C=O) groups excluding carboxylic acids is 1. The molecular weight excluding hydrogens is 347 g/mol. The van der Waals surface area contributed by atoms with E-state index in [1.165, 1.54) is 12.1 Å². The Hall–Kier alpha value is -2.73. The van der Waals surface area contributed by atoms with Gasteiger partial charge in [-0.3, -0.25) is 14.5 Å². The number of aliphatic carboxylic acids is 1. The number of hydrogen-bond donors (Lipinski definition) is 2. The molecule has 0 atom stereocenters. The highest BCUT2D eigenvalue weighted by Crippen LogP contribution is 2.21. The van der Waals surface area contributed by atoms with Gasteiger partial charge < -0.3 is 10.4 Å². The van der Waals surface area contributed by atoms with Crippen molar-refractivity contribution in [2.24, 2.45) is 5.92 Å². The average Bonchev–Trinajstić information content (AvgIpc) is 2.62. The Morgan fingerprint density at radius 1 is 1.19 bits per heavy atom.